The van der Waals surface area contributed by atoms with Gasteiger partial charge in [-0.3, -0.25) is 4.79 Å². The summed E-state index contributed by atoms with van der Waals surface area (Å²) in [5.74, 6) is -0.681. The number of aromatic nitrogens is 2. The Bertz CT molecular complexity index is 1430. The van der Waals surface area contributed by atoms with Gasteiger partial charge in [-0.05, 0) is 73.0 Å². The molecule has 0 bridgehead atoms. The standard InChI is InChI=1S/C27H22ClN3O3S/c1-16(26(32)31-23-12-11-18(28)15-29-23)34-27(33)24-20-8-2-3-10-22(20)30-25-17(6-4-9-21(24)25)14-19-7-5-13-35-19/h2-3,5,7-8,10-16H,4,6,9H2,1H3,(H,29,31,32)/b17-14+/t16-/m1/s1. The summed E-state index contributed by atoms with van der Waals surface area (Å²) in [6.07, 6.45) is 5.07. The van der Waals surface area contributed by atoms with Gasteiger partial charge in [-0.1, -0.05) is 35.9 Å². The Morgan fingerprint density at radius 3 is 2.77 bits per heavy atom. The van der Waals surface area contributed by atoms with Crippen LogP contribution < -0.4 is 5.32 Å². The molecule has 0 unspecified atom stereocenters. The third-order valence-corrected chi connectivity index (χ3v) is 6.91. The van der Waals surface area contributed by atoms with Crippen molar-refractivity contribution in [2.75, 3.05) is 5.32 Å². The van der Waals surface area contributed by atoms with Gasteiger partial charge in [0.05, 0.1) is 21.8 Å². The molecule has 1 N–H and O–H groups in total. The second-order valence-corrected chi connectivity index (χ2v) is 9.68. The van der Waals surface area contributed by atoms with Crippen molar-refractivity contribution in [3.8, 4) is 0 Å². The molecule has 1 aliphatic rings. The molecule has 1 aliphatic carbocycles. The fourth-order valence-electron chi connectivity index (χ4n) is 4.20. The average Bonchev–Trinajstić information content (AvgIpc) is 3.37. The molecule has 1 amide bonds. The van der Waals surface area contributed by atoms with Crippen LogP contribution in [0.15, 0.2) is 60.1 Å². The van der Waals surface area contributed by atoms with Crippen LogP contribution in [0.4, 0.5) is 5.82 Å². The van der Waals surface area contributed by atoms with Gasteiger partial charge in [0.2, 0.25) is 0 Å². The molecule has 6 nitrogen and oxygen atoms in total. The van der Waals surface area contributed by atoms with Gasteiger partial charge in [-0.2, -0.15) is 0 Å². The molecule has 176 valence electrons. The topological polar surface area (TPSA) is 81.2 Å². The van der Waals surface area contributed by atoms with Crippen LogP contribution in [0, 0.1) is 0 Å². The maximum absolute atomic E-state index is 13.5. The molecule has 3 aromatic heterocycles. The first kappa shape index (κ1) is 23.2. The van der Waals surface area contributed by atoms with E-state index in [0.29, 0.717) is 22.8 Å². The molecule has 0 fully saturated rings. The number of pyridine rings is 2. The SMILES string of the molecule is C[C@@H](OC(=O)c1c2c(nc3ccccc13)/C(=C/c1cccs1)CCC2)C(=O)Nc1ccc(Cl)cn1. The minimum absolute atomic E-state index is 0.331. The lowest BCUT2D eigenvalue weighted by molar-refractivity contribution is -0.123. The van der Waals surface area contributed by atoms with E-state index >= 15 is 0 Å². The Kier molecular flexibility index (Phi) is 6.61. The molecular weight excluding hydrogens is 482 g/mol. The summed E-state index contributed by atoms with van der Waals surface area (Å²) in [7, 11) is 0. The van der Waals surface area contributed by atoms with Gasteiger partial charge in [-0.25, -0.2) is 14.8 Å². The highest BCUT2D eigenvalue weighted by molar-refractivity contribution is 7.10. The predicted octanol–water partition coefficient (Wildman–Crippen LogP) is 6.41. The number of rotatable bonds is 5. The Morgan fingerprint density at radius 2 is 2.00 bits per heavy atom. The molecule has 1 aromatic carbocycles. The van der Waals surface area contributed by atoms with E-state index in [0.717, 1.165) is 45.5 Å². The number of nitrogens with zero attached hydrogens (tertiary/aromatic N) is 2. The number of hydrogen-bond acceptors (Lipinski definition) is 6. The van der Waals surface area contributed by atoms with Crippen LogP contribution in [0.2, 0.25) is 5.02 Å². The van der Waals surface area contributed by atoms with Crippen LogP contribution in [-0.2, 0) is 16.0 Å². The summed E-state index contributed by atoms with van der Waals surface area (Å²) < 4.78 is 5.66. The van der Waals surface area contributed by atoms with Gasteiger partial charge in [0.1, 0.15) is 5.82 Å². The maximum atomic E-state index is 13.5. The van der Waals surface area contributed by atoms with E-state index in [9.17, 15) is 9.59 Å². The highest BCUT2D eigenvalue weighted by atomic mass is 35.5. The van der Waals surface area contributed by atoms with Gasteiger partial charge in [-0.15, -0.1) is 11.3 Å². The molecule has 4 aromatic rings. The Hall–Kier alpha value is -3.55. The predicted molar refractivity (Wildman–Crippen MR) is 140 cm³/mol. The van der Waals surface area contributed by atoms with E-state index in [1.807, 2.05) is 35.7 Å². The minimum Gasteiger partial charge on any atom is -0.449 e. The zero-order valence-electron chi connectivity index (χ0n) is 19.0. The number of thiophene rings is 1. The molecule has 5 rings (SSSR count). The van der Waals surface area contributed by atoms with Crippen LogP contribution in [0.25, 0.3) is 22.6 Å². The number of anilines is 1. The molecule has 0 saturated heterocycles. The largest absolute Gasteiger partial charge is 0.449 e. The van der Waals surface area contributed by atoms with Gasteiger partial charge in [0, 0.05) is 16.5 Å². The number of ether oxygens (including phenoxy) is 1. The smallest absolute Gasteiger partial charge is 0.339 e. The first-order valence-corrected chi connectivity index (χ1v) is 12.5. The van der Waals surface area contributed by atoms with E-state index in [1.165, 1.54) is 6.20 Å². The fraction of sp³-hybridized carbons (Fsp3) is 0.185. The summed E-state index contributed by atoms with van der Waals surface area (Å²) in [6.45, 7) is 1.54. The Labute approximate surface area is 211 Å². The molecule has 0 saturated carbocycles. The fourth-order valence-corrected chi connectivity index (χ4v) is 5.00. The third kappa shape index (κ3) is 4.97. The second kappa shape index (κ2) is 9.98. The van der Waals surface area contributed by atoms with Gasteiger partial charge in [0.25, 0.3) is 5.91 Å². The number of esters is 1. The van der Waals surface area contributed by atoms with E-state index in [1.54, 1.807) is 30.4 Å². The summed E-state index contributed by atoms with van der Waals surface area (Å²) >= 11 is 7.52. The van der Waals surface area contributed by atoms with E-state index in [-0.39, 0.29) is 0 Å². The number of fused-ring (bicyclic) bond motifs is 2. The molecule has 35 heavy (non-hydrogen) atoms. The molecule has 0 spiro atoms. The van der Waals surface area contributed by atoms with Crippen molar-refractivity contribution in [1.82, 2.24) is 9.97 Å². The number of para-hydroxylation sites is 1. The van der Waals surface area contributed by atoms with Crippen molar-refractivity contribution < 1.29 is 14.3 Å². The maximum Gasteiger partial charge on any atom is 0.339 e. The Balaban J connectivity index is 1.48. The van der Waals surface area contributed by atoms with Gasteiger partial charge < -0.3 is 10.1 Å². The zero-order valence-corrected chi connectivity index (χ0v) is 20.5. The van der Waals surface area contributed by atoms with E-state index in [2.05, 4.69) is 22.4 Å². The number of benzene rings is 1. The lowest BCUT2D eigenvalue weighted by atomic mass is 9.86. The van der Waals surface area contributed by atoms with Crippen molar-refractivity contribution >= 4 is 63.2 Å². The number of halogens is 1. The first-order chi connectivity index (χ1) is 17.0. The number of carbonyl (C=O) groups excluding carboxylic acids is 2. The van der Waals surface area contributed by atoms with Crippen LogP contribution in [0.5, 0.6) is 0 Å². The normalized spacial score (nSPS) is 15.0. The molecule has 8 heteroatoms. The van der Waals surface area contributed by atoms with Crippen LogP contribution in [-0.4, -0.2) is 27.9 Å². The highest BCUT2D eigenvalue weighted by Gasteiger charge is 2.28. The lowest BCUT2D eigenvalue weighted by Crippen LogP contribution is -2.31. The average molecular weight is 504 g/mol. The van der Waals surface area contributed by atoms with Crippen LogP contribution in [0.3, 0.4) is 0 Å². The van der Waals surface area contributed by atoms with Crippen molar-refractivity contribution in [2.45, 2.75) is 32.3 Å². The third-order valence-electron chi connectivity index (χ3n) is 5.87. The highest BCUT2D eigenvalue weighted by Crippen LogP contribution is 2.37. The molecule has 1 atom stereocenters. The summed E-state index contributed by atoms with van der Waals surface area (Å²) in [4.78, 5) is 36.3. The molecule has 0 aliphatic heterocycles. The van der Waals surface area contributed by atoms with Gasteiger partial charge in [0.15, 0.2) is 6.10 Å². The quantitative estimate of drug-likeness (QED) is 0.318. The second-order valence-electron chi connectivity index (χ2n) is 8.27. The summed E-state index contributed by atoms with van der Waals surface area (Å²) in [5, 5.41) is 5.88. The van der Waals surface area contributed by atoms with Crippen molar-refractivity contribution in [3.63, 3.8) is 0 Å². The van der Waals surface area contributed by atoms with Gasteiger partial charge >= 0.3 is 5.97 Å². The van der Waals surface area contributed by atoms with Crippen molar-refractivity contribution in [3.05, 3.63) is 86.8 Å². The van der Waals surface area contributed by atoms with Crippen molar-refractivity contribution in [2.24, 2.45) is 0 Å². The van der Waals surface area contributed by atoms with Crippen LogP contribution in [0.1, 0.15) is 46.3 Å². The van der Waals surface area contributed by atoms with Crippen molar-refractivity contribution in [1.29, 1.82) is 0 Å². The monoisotopic (exact) mass is 503 g/mol. The zero-order chi connectivity index (χ0) is 24.4. The summed E-state index contributed by atoms with van der Waals surface area (Å²) in [6, 6.07) is 14.8. The Morgan fingerprint density at radius 1 is 1.14 bits per heavy atom. The number of hydrogen-bond donors (Lipinski definition) is 1. The number of nitrogens with one attached hydrogen (secondary N) is 1. The van der Waals surface area contributed by atoms with E-state index < -0.39 is 18.0 Å². The molecule has 0 radical (unpaired) electrons. The number of amides is 1. The lowest BCUT2D eigenvalue weighted by Gasteiger charge is -2.23. The van der Waals surface area contributed by atoms with E-state index in [4.69, 9.17) is 21.3 Å². The molecular formula is C27H22ClN3O3S. The summed E-state index contributed by atoms with van der Waals surface area (Å²) in [5.41, 5.74) is 4.01. The molecule has 3 heterocycles. The number of allylic oxidation sites excluding steroid dienone is 1. The number of carbonyl (C=O) groups is 2. The first-order valence-electron chi connectivity index (χ1n) is 11.3. The minimum atomic E-state index is -1.02. The van der Waals surface area contributed by atoms with Crippen LogP contribution >= 0.6 is 22.9 Å².